The normalized spacial score (nSPS) is 20.9. The molecule has 0 bridgehead atoms. The smallest absolute Gasteiger partial charge is 0.119 e. The van der Waals surface area contributed by atoms with Gasteiger partial charge in [0, 0.05) is 26.2 Å². The molecule has 1 atom stereocenters. The molecule has 0 radical (unpaired) electrons. The third kappa shape index (κ3) is 3.98. The summed E-state index contributed by atoms with van der Waals surface area (Å²) in [6.07, 6.45) is 0.333. The van der Waals surface area contributed by atoms with Crippen LogP contribution < -0.4 is 10.5 Å². The Bertz CT molecular complexity index is 371. The zero-order chi connectivity index (χ0) is 12.8. The van der Waals surface area contributed by atoms with Gasteiger partial charge in [-0.2, -0.15) is 0 Å². The Morgan fingerprint density at radius 2 is 2.39 bits per heavy atom. The van der Waals surface area contributed by atoms with E-state index in [0.717, 1.165) is 37.6 Å². The second-order valence-electron chi connectivity index (χ2n) is 4.68. The van der Waals surface area contributed by atoms with Crippen molar-refractivity contribution in [2.75, 3.05) is 32.8 Å². The first-order valence-electron chi connectivity index (χ1n) is 6.53. The van der Waals surface area contributed by atoms with Crippen LogP contribution in [0.5, 0.6) is 5.75 Å². The predicted molar refractivity (Wildman–Crippen MR) is 71.7 cm³/mol. The molecule has 1 heterocycles. The highest BCUT2D eigenvalue weighted by atomic mass is 16.5. The molecule has 2 rings (SSSR count). The Labute approximate surface area is 109 Å². The molecule has 1 unspecified atom stereocenters. The molecule has 1 aliphatic rings. The lowest BCUT2D eigenvalue weighted by molar-refractivity contribution is -0.0214. The van der Waals surface area contributed by atoms with E-state index in [4.69, 9.17) is 15.2 Å². The number of morpholine rings is 1. The summed E-state index contributed by atoms with van der Waals surface area (Å²) >= 11 is 0. The fourth-order valence-corrected chi connectivity index (χ4v) is 2.15. The van der Waals surface area contributed by atoms with Crippen molar-refractivity contribution in [3.63, 3.8) is 0 Å². The minimum atomic E-state index is 0.333. The number of rotatable bonds is 5. The Morgan fingerprint density at radius 1 is 1.50 bits per heavy atom. The van der Waals surface area contributed by atoms with Gasteiger partial charge in [-0.25, -0.2) is 0 Å². The molecular weight excluding hydrogens is 228 g/mol. The van der Waals surface area contributed by atoms with Crippen molar-refractivity contribution < 1.29 is 9.47 Å². The highest BCUT2D eigenvalue weighted by Crippen LogP contribution is 2.13. The van der Waals surface area contributed by atoms with Crippen LogP contribution in [0.3, 0.4) is 0 Å². The van der Waals surface area contributed by atoms with Crippen LogP contribution in [0.4, 0.5) is 0 Å². The van der Waals surface area contributed by atoms with E-state index in [9.17, 15) is 0 Å². The number of nitrogens with zero attached hydrogens (tertiary/aromatic N) is 1. The first-order chi connectivity index (χ1) is 8.78. The fourth-order valence-electron chi connectivity index (χ4n) is 2.15. The summed E-state index contributed by atoms with van der Waals surface area (Å²) in [4.78, 5) is 2.38. The van der Waals surface area contributed by atoms with Gasteiger partial charge in [0.2, 0.25) is 0 Å². The van der Waals surface area contributed by atoms with Gasteiger partial charge in [-0.15, -0.1) is 0 Å². The minimum Gasteiger partial charge on any atom is -0.492 e. The Balaban J connectivity index is 1.74. The number of benzene rings is 1. The first kappa shape index (κ1) is 13.3. The second-order valence-corrected chi connectivity index (χ2v) is 4.68. The summed E-state index contributed by atoms with van der Waals surface area (Å²) in [7, 11) is 0. The summed E-state index contributed by atoms with van der Waals surface area (Å²) in [5, 5.41) is 0. The van der Waals surface area contributed by atoms with E-state index in [1.165, 1.54) is 0 Å². The lowest BCUT2D eigenvalue weighted by atomic mass is 10.2. The van der Waals surface area contributed by atoms with Crippen LogP contribution in [-0.4, -0.2) is 43.9 Å². The lowest BCUT2D eigenvalue weighted by Gasteiger charge is -2.30. The molecule has 1 aliphatic heterocycles. The molecule has 18 heavy (non-hydrogen) atoms. The van der Waals surface area contributed by atoms with E-state index in [1.54, 1.807) is 0 Å². The van der Waals surface area contributed by atoms with E-state index >= 15 is 0 Å². The van der Waals surface area contributed by atoms with Crippen LogP contribution in [0.2, 0.25) is 0 Å². The third-order valence-electron chi connectivity index (χ3n) is 3.14. The second kappa shape index (κ2) is 6.73. The van der Waals surface area contributed by atoms with Crippen molar-refractivity contribution in [2.45, 2.75) is 19.6 Å². The molecule has 1 aromatic carbocycles. The van der Waals surface area contributed by atoms with Gasteiger partial charge < -0.3 is 15.2 Å². The van der Waals surface area contributed by atoms with E-state index in [-0.39, 0.29) is 0 Å². The van der Waals surface area contributed by atoms with E-state index < -0.39 is 0 Å². The molecule has 1 saturated heterocycles. The molecule has 0 amide bonds. The summed E-state index contributed by atoms with van der Waals surface area (Å²) < 4.78 is 11.3. The molecule has 0 spiro atoms. The van der Waals surface area contributed by atoms with Gasteiger partial charge in [-0.1, -0.05) is 12.1 Å². The third-order valence-corrected chi connectivity index (χ3v) is 3.14. The maximum absolute atomic E-state index is 5.75. The molecular formula is C14H22N2O2. The van der Waals surface area contributed by atoms with Gasteiger partial charge >= 0.3 is 0 Å². The predicted octanol–water partition coefficient (Wildman–Crippen LogP) is 1.24. The maximum Gasteiger partial charge on any atom is 0.119 e. The Kier molecular flexibility index (Phi) is 4.99. The molecule has 0 aliphatic carbocycles. The average molecular weight is 250 g/mol. The highest BCUT2D eigenvalue weighted by molar-refractivity contribution is 5.28. The Morgan fingerprint density at radius 3 is 3.17 bits per heavy atom. The number of ether oxygens (including phenoxy) is 2. The number of hydrogen-bond acceptors (Lipinski definition) is 4. The summed E-state index contributed by atoms with van der Waals surface area (Å²) in [6, 6.07) is 7.97. The van der Waals surface area contributed by atoms with Crippen molar-refractivity contribution in [3.05, 3.63) is 29.8 Å². The SMILES string of the molecule is CC1CN(CCOc2cccc(CN)c2)CCO1. The molecule has 4 nitrogen and oxygen atoms in total. The Hall–Kier alpha value is -1.10. The minimum absolute atomic E-state index is 0.333. The standard InChI is InChI=1S/C14H22N2O2/c1-12-11-16(5-7-17-12)6-8-18-14-4-2-3-13(9-14)10-15/h2-4,9,12H,5-8,10-11,15H2,1H3. The van der Waals surface area contributed by atoms with Crippen LogP contribution in [0, 0.1) is 0 Å². The molecule has 4 heteroatoms. The monoisotopic (exact) mass is 250 g/mol. The van der Waals surface area contributed by atoms with Gasteiger partial charge in [-0.05, 0) is 24.6 Å². The molecule has 1 aromatic rings. The summed E-state index contributed by atoms with van der Waals surface area (Å²) in [5.74, 6) is 0.902. The molecule has 0 aromatic heterocycles. The highest BCUT2D eigenvalue weighted by Gasteiger charge is 2.15. The van der Waals surface area contributed by atoms with E-state index in [1.807, 2.05) is 24.3 Å². The van der Waals surface area contributed by atoms with Gasteiger partial charge in [0.25, 0.3) is 0 Å². The largest absolute Gasteiger partial charge is 0.492 e. The molecule has 1 fully saturated rings. The van der Waals surface area contributed by atoms with E-state index in [2.05, 4.69) is 11.8 Å². The van der Waals surface area contributed by atoms with Crippen LogP contribution in [-0.2, 0) is 11.3 Å². The van der Waals surface area contributed by atoms with Crippen molar-refractivity contribution >= 4 is 0 Å². The van der Waals surface area contributed by atoms with Crippen molar-refractivity contribution in [1.29, 1.82) is 0 Å². The molecule has 2 N–H and O–H groups in total. The maximum atomic E-state index is 5.75. The van der Waals surface area contributed by atoms with Gasteiger partial charge in [0.1, 0.15) is 12.4 Å². The fraction of sp³-hybridized carbons (Fsp3) is 0.571. The number of hydrogen-bond donors (Lipinski definition) is 1. The average Bonchev–Trinajstić information content (AvgIpc) is 2.39. The number of nitrogens with two attached hydrogens (primary N) is 1. The first-order valence-corrected chi connectivity index (χ1v) is 6.53. The summed E-state index contributed by atoms with van der Waals surface area (Å²) in [5.41, 5.74) is 6.71. The van der Waals surface area contributed by atoms with Crippen molar-refractivity contribution in [2.24, 2.45) is 5.73 Å². The lowest BCUT2D eigenvalue weighted by Crippen LogP contribution is -2.42. The quantitative estimate of drug-likeness (QED) is 0.854. The topological polar surface area (TPSA) is 47.7 Å². The van der Waals surface area contributed by atoms with Gasteiger partial charge in [0.05, 0.1) is 12.7 Å². The van der Waals surface area contributed by atoms with Crippen LogP contribution in [0.15, 0.2) is 24.3 Å². The van der Waals surface area contributed by atoms with E-state index in [0.29, 0.717) is 19.3 Å². The van der Waals surface area contributed by atoms with Crippen LogP contribution in [0.25, 0.3) is 0 Å². The zero-order valence-corrected chi connectivity index (χ0v) is 11.0. The molecule has 100 valence electrons. The van der Waals surface area contributed by atoms with Crippen molar-refractivity contribution in [1.82, 2.24) is 4.90 Å². The zero-order valence-electron chi connectivity index (χ0n) is 11.0. The van der Waals surface area contributed by atoms with Crippen molar-refractivity contribution in [3.8, 4) is 5.75 Å². The summed E-state index contributed by atoms with van der Waals surface area (Å²) in [6.45, 7) is 7.13. The van der Waals surface area contributed by atoms with Crippen LogP contribution in [0.1, 0.15) is 12.5 Å². The molecule has 0 saturated carbocycles. The van der Waals surface area contributed by atoms with Crippen LogP contribution >= 0.6 is 0 Å². The van der Waals surface area contributed by atoms with Gasteiger partial charge in [-0.3, -0.25) is 4.90 Å². The van der Waals surface area contributed by atoms with Gasteiger partial charge in [0.15, 0.2) is 0 Å².